The molecule has 1 heterocycles. The zero-order valence-electron chi connectivity index (χ0n) is 11.1. The van der Waals surface area contributed by atoms with Gasteiger partial charge in [0.15, 0.2) is 0 Å². The molecule has 4 N–H and O–H groups in total. The van der Waals surface area contributed by atoms with E-state index in [1.54, 1.807) is 31.5 Å². The second-order valence-electron chi connectivity index (χ2n) is 3.99. The Bertz CT molecular complexity index is 664. The van der Waals surface area contributed by atoms with Crippen molar-refractivity contribution >= 4 is 17.5 Å². The molecule has 2 rings (SSSR count). The van der Waals surface area contributed by atoms with Gasteiger partial charge >= 0.3 is 0 Å². The molecular weight excluding hydrogens is 256 g/mol. The molecule has 0 radical (unpaired) electrons. The van der Waals surface area contributed by atoms with E-state index >= 15 is 0 Å². The van der Waals surface area contributed by atoms with Gasteiger partial charge in [-0.2, -0.15) is 10.2 Å². The van der Waals surface area contributed by atoms with Crippen molar-refractivity contribution in [2.75, 3.05) is 17.9 Å². The minimum atomic E-state index is 0.284. The van der Waals surface area contributed by atoms with Crippen LogP contribution in [-0.2, 0) is 0 Å². The summed E-state index contributed by atoms with van der Waals surface area (Å²) in [6.07, 6.45) is 1.63. The van der Waals surface area contributed by atoms with E-state index in [1.807, 2.05) is 6.92 Å². The first-order chi connectivity index (χ1) is 9.69. The number of benzene rings is 1. The Morgan fingerprint density at radius 1 is 1.40 bits per heavy atom. The molecule has 0 saturated heterocycles. The highest BCUT2D eigenvalue weighted by molar-refractivity contribution is 5.72. The van der Waals surface area contributed by atoms with Crippen molar-refractivity contribution in [3.63, 3.8) is 0 Å². The lowest BCUT2D eigenvalue weighted by atomic mass is 10.1. The standard InChI is InChI=1S/C13H14N6O/c1-8-7-16-13(19-15)18-12(8)17-11-9(6-14)4-3-5-10(11)20-2/h3-5,7H,15H2,1-2H3,(H2,16,17,18,19). The number of nitriles is 1. The zero-order chi connectivity index (χ0) is 14.5. The zero-order valence-corrected chi connectivity index (χ0v) is 11.1. The third-order valence-electron chi connectivity index (χ3n) is 2.71. The fourth-order valence-corrected chi connectivity index (χ4v) is 1.68. The molecule has 0 aliphatic heterocycles. The number of aromatic nitrogens is 2. The number of rotatable bonds is 4. The Hall–Kier alpha value is -2.85. The number of methoxy groups -OCH3 is 1. The van der Waals surface area contributed by atoms with Crippen LogP contribution in [0.1, 0.15) is 11.1 Å². The lowest BCUT2D eigenvalue weighted by Gasteiger charge is -2.14. The predicted octanol–water partition coefficient (Wildman–Crippen LogP) is 1.69. The minimum absolute atomic E-state index is 0.284. The number of anilines is 3. The molecule has 1 aromatic carbocycles. The second kappa shape index (κ2) is 5.86. The fraction of sp³-hybridized carbons (Fsp3) is 0.154. The molecule has 0 aliphatic rings. The Labute approximate surface area is 116 Å². The second-order valence-corrected chi connectivity index (χ2v) is 3.99. The first-order valence-corrected chi connectivity index (χ1v) is 5.84. The summed E-state index contributed by atoms with van der Waals surface area (Å²) in [6, 6.07) is 7.33. The predicted molar refractivity (Wildman–Crippen MR) is 75.6 cm³/mol. The molecule has 0 spiro atoms. The average Bonchev–Trinajstić information content (AvgIpc) is 2.49. The van der Waals surface area contributed by atoms with Crippen LogP contribution in [0.4, 0.5) is 17.5 Å². The molecule has 0 atom stereocenters. The van der Waals surface area contributed by atoms with Gasteiger partial charge in [0.05, 0.1) is 12.7 Å². The molecule has 20 heavy (non-hydrogen) atoms. The average molecular weight is 270 g/mol. The normalized spacial score (nSPS) is 9.70. The van der Waals surface area contributed by atoms with Gasteiger partial charge in [0.25, 0.3) is 0 Å². The SMILES string of the molecule is COc1cccc(C#N)c1Nc1nc(NN)ncc1C. The third kappa shape index (κ3) is 2.60. The van der Waals surface area contributed by atoms with E-state index in [0.29, 0.717) is 22.8 Å². The number of nitrogen functional groups attached to an aromatic ring is 1. The van der Waals surface area contributed by atoms with E-state index < -0.39 is 0 Å². The van der Waals surface area contributed by atoms with Crippen LogP contribution in [0.25, 0.3) is 0 Å². The number of aryl methyl sites for hydroxylation is 1. The molecule has 7 heteroatoms. The third-order valence-corrected chi connectivity index (χ3v) is 2.71. The highest BCUT2D eigenvalue weighted by Gasteiger charge is 2.11. The smallest absolute Gasteiger partial charge is 0.239 e. The first-order valence-electron chi connectivity index (χ1n) is 5.84. The van der Waals surface area contributed by atoms with Gasteiger partial charge in [-0.1, -0.05) is 6.07 Å². The van der Waals surface area contributed by atoms with Crippen LogP contribution in [0.2, 0.25) is 0 Å². The Balaban J connectivity index is 2.47. The van der Waals surface area contributed by atoms with Crippen LogP contribution in [0.15, 0.2) is 24.4 Å². The molecule has 0 saturated carbocycles. The molecular formula is C13H14N6O. The summed E-state index contributed by atoms with van der Waals surface area (Å²) in [5, 5.41) is 12.3. The Morgan fingerprint density at radius 3 is 2.85 bits per heavy atom. The van der Waals surface area contributed by atoms with Crippen molar-refractivity contribution < 1.29 is 4.74 Å². The Kier molecular flexibility index (Phi) is 3.98. The van der Waals surface area contributed by atoms with E-state index in [4.69, 9.17) is 10.6 Å². The number of nitrogens with zero attached hydrogens (tertiary/aromatic N) is 3. The molecule has 0 fully saturated rings. The van der Waals surface area contributed by atoms with Gasteiger partial charge in [-0.25, -0.2) is 10.8 Å². The molecule has 0 amide bonds. The van der Waals surface area contributed by atoms with E-state index in [0.717, 1.165) is 5.56 Å². The van der Waals surface area contributed by atoms with E-state index in [1.165, 1.54) is 0 Å². The number of nitrogens with two attached hydrogens (primary N) is 1. The Morgan fingerprint density at radius 2 is 2.20 bits per heavy atom. The quantitative estimate of drug-likeness (QED) is 0.573. The summed E-state index contributed by atoms with van der Waals surface area (Å²) in [5.74, 6) is 6.69. The van der Waals surface area contributed by atoms with Gasteiger partial charge < -0.3 is 10.1 Å². The monoisotopic (exact) mass is 270 g/mol. The summed E-state index contributed by atoms with van der Waals surface area (Å²) in [4.78, 5) is 8.21. The maximum absolute atomic E-state index is 9.18. The lowest BCUT2D eigenvalue weighted by molar-refractivity contribution is 0.416. The van der Waals surface area contributed by atoms with Gasteiger partial charge in [0.1, 0.15) is 23.3 Å². The molecule has 1 aromatic heterocycles. The van der Waals surface area contributed by atoms with Crippen molar-refractivity contribution in [3.8, 4) is 11.8 Å². The molecule has 0 bridgehead atoms. The largest absolute Gasteiger partial charge is 0.495 e. The highest BCUT2D eigenvalue weighted by Crippen LogP contribution is 2.31. The number of para-hydroxylation sites is 1. The summed E-state index contributed by atoms with van der Waals surface area (Å²) in [5.41, 5.74) is 4.22. The fourth-order valence-electron chi connectivity index (χ4n) is 1.68. The van der Waals surface area contributed by atoms with Gasteiger partial charge in [-0.3, -0.25) is 5.43 Å². The van der Waals surface area contributed by atoms with Crippen molar-refractivity contribution in [3.05, 3.63) is 35.5 Å². The van der Waals surface area contributed by atoms with Crippen molar-refractivity contribution in [2.45, 2.75) is 6.92 Å². The highest BCUT2D eigenvalue weighted by atomic mass is 16.5. The maximum Gasteiger partial charge on any atom is 0.239 e. The molecule has 7 nitrogen and oxygen atoms in total. The summed E-state index contributed by atoms with van der Waals surface area (Å²) in [6.45, 7) is 1.85. The molecule has 102 valence electrons. The first kappa shape index (κ1) is 13.6. The van der Waals surface area contributed by atoms with E-state index in [-0.39, 0.29) is 5.95 Å². The van der Waals surface area contributed by atoms with Crippen LogP contribution in [-0.4, -0.2) is 17.1 Å². The molecule has 0 aliphatic carbocycles. The molecule has 0 unspecified atom stereocenters. The molecule has 2 aromatic rings. The lowest BCUT2D eigenvalue weighted by Crippen LogP contribution is -2.12. The number of hydrogen-bond donors (Lipinski definition) is 3. The van der Waals surface area contributed by atoms with Crippen LogP contribution < -0.4 is 21.3 Å². The van der Waals surface area contributed by atoms with Gasteiger partial charge in [0, 0.05) is 11.8 Å². The van der Waals surface area contributed by atoms with Crippen molar-refractivity contribution in [1.29, 1.82) is 5.26 Å². The minimum Gasteiger partial charge on any atom is -0.495 e. The number of hydrazine groups is 1. The van der Waals surface area contributed by atoms with Gasteiger partial charge in [0.2, 0.25) is 5.95 Å². The number of ether oxygens (including phenoxy) is 1. The van der Waals surface area contributed by atoms with Crippen molar-refractivity contribution in [2.24, 2.45) is 5.84 Å². The van der Waals surface area contributed by atoms with Gasteiger partial charge in [-0.15, -0.1) is 0 Å². The summed E-state index contributed by atoms with van der Waals surface area (Å²) < 4.78 is 5.26. The number of nitrogens with one attached hydrogen (secondary N) is 2. The van der Waals surface area contributed by atoms with Crippen molar-refractivity contribution in [1.82, 2.24) is 9.97 Å². The van der Waals surface area contributed by atoms with Crippen LogP contribution >= 0.6 is 0 Å². The van der Waals surface area contributed by atoms with E-state index in [2.05, 4.69) is 26.8 Å². The maximum atomic E-state index is 9.18. The number of hydrogen-bond acceptors (Lipinski definition) is 7. The van der Waals surface area contributed by atoms with Gasteiger partial charge in [-0.05, 0) is 19.1 Å². The topological polar surface area (TPSA) is 109 Å². The summed E-state index contributed by atoms with van der Waals surface area (Å²) >= 11 is 0. The van der Waals surface area contributed by atoms with Crippen LogP contribution in [0, 0.1) is 18.3 Å². The van der Waals surface area contributed by atoms with E-state index in [9.17, 15) is 5.26 Å². The van der Waals surface area contributed by atoms with Crippen LogP contribution in [0.5, 0.6) is 5.75 Å². The van der Waals surface area contributed by atoms with Crippen LogP contribution in [0.3, 0.4) is 0 Å². The summed E-state index contributed by atoms with van der Waals surface area (Å²) in [7, 11) is 1.54.